The largest absolute Gasteiger partial charge is 0.445 e. The number of alkyl halides is 1. The highest BCUT2D eigenvalue weighted by molar-refractivity contribution is 6.33. The maximum absolute atomic E-state index is 12.8. The molecule has 0 heterocycles. The van der Waals surface area contributed by atoms with Crippen LogP contribution < -0.4 is 16.5 Å². The van der Waals surface area contributed by atoms with Gasteiger partial charge in [0.1, 0.15) is 12.6 Å². The predicted molar refractivity (Wildman–Crippen MR) is 113 cm³/mol. The summed E-state index contributed by atoms with van der Waals surface area (Å²) in [6.07, 6.45) is -0.856. The highest BCUT2D eigenvalue weighted by Crippen LogP contribution is 2.13. The Morgan fingerprint density at radius 3 is 2.35 bits per heavy atom. The Hall–Kier alpha value is -2.85. The van der Waals surface area contributed by atoms with Gasteiger partial charge in [0.15, 0.2) is 0 Å². The van der Waals surface area contributed by atoms with E-state index in [1.807, 2.05) is 19.9 Å². The Morgan fingerprint density at radius 2 is 1.84 bits per heavy atom. The van der Waals surface area contributed by atoms with Crippen LogP contribution in [0.15, 0.2) is 30.3 Å². The summed E-state index contributed by atoms with van der Waals surface area (Å²) in [6, 6.07) is 7.95. The van der Waals surface area contributed by atoms with E-state index in [1.165, 1.54) is 0 Å². The van der Waals surface area contributed by atoms with Gasteiger partial charge >= 0.3 is 6.09 Å². The van der Waals surface area contributed by atoms with E-state index in [0.717, 1.165) is 12.5 Å². The maximum Gasteiger partial charge on any atom is 0.408 e. The molecule has 0 bridgehead atoms. The smallest absolute Gasteiger partial charge is 0.408 e. The quantitative estimate of drug-likeness (QED) is 0.304. The number of nitrogens with one attached hydrogen (secondary N) is 2. The van der Waals surface area contributed by atoms with E-state index in [0.29, 0.717) is 5.01 Å². The number of amides is 4. The van der Waals surface area contributed by atoms with Crippen LogP contribution in [-0.4, -0.2) is 51.6 Å². The Morgan fingerprint density at radius 1 is 1.23 bits per heavy atom. The molecule has 2 atom stereocenters. The number of halogens is 1. The van der Waals surface area contributed by atoms with E-state index in [2.05, 4.69) is 10.7 Å². The molecule has 0 radical (unpaired) electrons. The van der Waals surface area contributed by atoms with Crippen LogP contribution in [0.3, 0.4) is 0 Å². The molecule has 1 rings (SSSR count). The standard InChI is InChI=1S/C20H29ClN4O6/c1-13(2)11-15(23-19(29)31-12-14-7-5-4-6-8-14)17(27)24-25(10-9-16(22)26)18(28)20(3,21)30/h4-8,13,15,30H,9-12H2,1-3H3,(H2,22,26)(H,23,29)(H,24,27)/t15-,20-/m0/s1. The van der Waals surface area contributed by atoms with E-state index in [-0.39, 0.29) is 31.9 Å². The number of ether oxygens (including phenoxy) is 1. The fourth-order valence-corrected chi connectivity index (χ4v) is 2.60. The Kier molecular flexibility index (Phi) is 10.2. The molecule has 31 heavy (non-hydrogen) atoms. The van der Waals surface area contributed by atoms with Crippen molar-refractivity contribution < 1.29 is 29.0 Å². The SMILES string of the molecule is CC(C)C[C@H](NC(=O)OCc1ccccc1)C(=O)NN(CCC(N)=O)C(=O)[C@](C)(O)Cl. The molecule has 0 fully saturated rings. The molecule has 10 nitrogen and oxygen atoms in total. The lowest BCUT2D eigenvalue weighted by molar-refractivity contribution is -0.151. The van der Waals surface area contributed by atoms with Crippen LogP contribution in [-0.2, 0) is 25.7 Å². The number of hydrogen-bond acceptors (Lipinski definition) is 6. The second-order valence-electron chi connectivity index (χ2n) is 7.49. The van der Waals surface area contributed by atoms with E-state index in [1.54, 1.807) is 24.3 Å². The first-order chi connectivity index (χ1) is 14.4. The van der Waals surface area contributed by atoms with Crippen molar-refractivity contribution in [3.8, 4) is 0 Å². The van der Waals surface area contributed by atoms with Gasteiger partial charge in [0.05, 0.1) is 6.54 Å². The van der Waals surface area contributed by atoms with Crippen LogP contribution in [0.5, 0.6) is 0 Å². The van der Waals surface area contributed by atoms with Gasteiger partial charge in [-0.25, -0.2) is 9.80 Å². The maximum atomic E-state index is 12.8. The molecule has 1 aromatic carbocycles. The number of nitrogens with zero attached hydrogens (tertiary/aromatic N) is 1. The summed E-state index contributed by atoms with van der Waals surface area (Å²) in [5, 5.41) is 10.6. The number of carbonyl (C=O) groups excluding carboxylic acids is 4. The van der Waals surface area contributed by atoms with Crippen molar-refractivity contribution in [2.45, 2.75) is 51.3 Å². The van der Waals surface area contributed by atoms with Crippen molar-refractivity contribution in [3.63, 3.8) is 0 Å². The molecular weight excluding hydrogens is 428 g/mol. The first-order valence-corrected chi connectivity index (χ1v) is 10.1. The Labute approximate surface area is 186 Å². The van der Waals surface area contributed by atoms with Gasteiger partial charge in [-0.1, -0.05) is 55.8 Å². The minimum atomic E-state index is -2.32. The van der Waals surface area contributed by atoms with Crippen LogP contribution in [0.2, 0.25) is 0 Å². The van der Waals surface area contributed by atoms with E-state index in [9.17, 15) is 24.3 Å². The second-order valence-corrected chi connectivity index (χ2v) is 8.23. The topological polar surface area (TPSA) is 151 Å². The monoisotopic (exact) mass is 456 g/mol. The average Bonchev–Trinajstić information content (AvgIpc) is 2.68. The third-order valence-corrected chi connectivity index (χ3v) is 4.15. The number of aliphatic hydroxyl groups is 1. The zero-order valence-corrected chi connectivity index (χ0v) is 18.5. The molecule has 5 N–H and O–H groups in total. The lowest BCUT2D eigenvalue weighted by atomic mass is 10.0. The number of nitrogens with two attached hydrogens (primary N) is 1. The molecule has 0 aromatic heterocycles. The number of alkyl carbamates (subject to hydrolysis) is 1. The number of benzene rings is 1. The van der Waals surface area contributed by atoms with Gasteiger partial charge in [0.25, 0.3) is 11.8 Å². The van der Waals surface area contributed by atoms with Crippen LogP contribution in [0.25, 0.3) is 0 Å². The molecule has 0 saturated heterocycles. The lowest BCUT2D eigenvalue weighted by Gasteiger charge is -2.29. The van der Waals surface area contributed by atoms with E-state index in [4.69, 9.17) is 22.1 Å². The minimum Gasteiger partial charge on any atom is -0.445 e. The number of carbonyl (C=O) groups is 4. The van der Waals surface area contributed by atoms with Gasteiger partial charge in [-0.05, 0) is 24.8 Å². The molecule has 0 aliphatic carbocycles. The molecule has 0 aliphatic heterocycles. The molecule has 0 spiro atoms. The van der Waals surface area contributed by atoms with Crippen LogP contribution in [0.4, 0.5) is 4.79 Å². The van der Waals surface area contributed by atoms with Crippen molar-refractivity contribution in [2.24, 2.45) is 11.7 Å². The van der Waals surface area contributed by atoms with Crippen molar-refractivity contribution in [1.82, 2.24) is 15.8 Å². The Bertz CT molecular complexity index is 767. The highest BCUT2D eigenvalue weighted by Gasteiger charge is 2.34. The van der Waals surface area contributed by atoms with Crippen molar-refractivity contribution in [1.29, 1.82) is 0 Å². The van der Waals surface area contributed by atoms with Crippen molar-refractivity contribution >= 4 is 35.4 Å². The summed E-state index contributed by atoms with van der Waals surface area (Å²) in [6.45, 7) is 4.41. The first-order valence-electron chi connectivity index (χ1n) is 9.69. The van der Waals surface area contributed by atoms with Gasteiger partial charge in [-0.15, -0.1) is 0 Å². The molecular formula is C20H29ClN4O6. The third-order valence-electron chi connectivity index (χ3n) is 3.99. The van der Waals surface area contributed by atoms with Crippen LogP contribution in [0, 0.1) is 5.92 Å². The highest BCUT2D eigenvalue weighted by atomic mass is 35.5. The molecule has 11 heteroatoms. The molecule has 1 aromatic rings. The molecule has 0 saturated carbocycles. The lowest BCUT2D eigenvalue weighted by Crippen LogP contribution is -2.58. The third kappa shape index (κ3) is 10.1. The molecule has 0 unspecified atom stereocenters. The second kappa shape index (κ2) is 12.1. The summed E-state index contributed by atoms with van der Waals surface area (Å²) < 4.78 is 5.14. The molecule has 0 aliphatic rings. The van der Waals surface area contributed by atoms with E-state index >= 15 is 0 Å². The van der Waals surface area contributed by atoms with Gasteiger partial charge in [-0.3, -0.25) is 19.8 Å². The fraction of sp³-hybridized carbons (Fsp3) is 0.500. The molecule has 172 valence electrons. The van der Waals surface area contributed by atoms with Crippen LogP contribution in [0.1, 0.15) is 39.2 Å². The van der Waals surface area contributed by atoms with Gasteiger partial charge in [-0.2, -0.15) is 0 Å². The normalized spacial score (nSPS) is 13.6. The van der Waals surface area contributed by atoms with Gasteiger partial charge in [0, 0.05) is 6.42 Å². The van der Waals surface area contributed by atoms with Crippen molar-refractivity contribution in [3.05, 3.63) is 35.9 Å². The zero-order chi connectivity index (χ0) is 23.6. The Balaban J connectivity index is 2.84. The number of rotatable bonds is 10. The predicted octanol–water partition coefficient (Wildman–Crippen LogP) is 1.01. The number of hydrogen-bond donors (Lipinski definition) is 4. The summed E-state index contributed by atoms with van der Waals surface area (Å²) in [4.78, 5) is 48.3. The van der Waals surface area contributed by atoms with E-state index < -0.39 is 34.9 Å². The van der Waals surface area contributed by atoms with Crippen molar-refractivity contribution in [2.75, 3.05) is 6.54 Å². The minimum absolute atomic E-state index is 0.0103. The van der Waals surface area contributed by atoms with Gasteiger partial charge in [0.2, 0.25) is 11.0 Å². The fourth-order valence-electron chi connectivity index (χ4n) is 2.50. The summed E-state index contributed by atoms with van der Waals surface area (Å²) in [7, 11) is 0. The average molecular weight is 457 g/mol. The zero-order valence-electron chi connectivity index (χ0n) is 17.8. The number of hydrazine groups is 1. The summed E-state index contributed by atoms with van der Waals surface area (Å²) in [5.41, 5.74) is 8.15. The van der Waals surface area contributed by atoms with Gasteiger partial charge < -0.3 is 20.9 Å². The molecule has 4 amide bonds. The summed E-state index contributed by atoms with van der Waals surface area (Å²) in [5.74, 6) is -2.51. The number of primary amides is 1. The summed E-state index contributed by atoms with van der Waals surface area (Å²) >= 11 is 5.63. The van der Waals surface area contributed by atoms with Crippen LogP contribution >= 0.6 is 11.6 Å². The first kappa shape index (κ1) is 26.2.